The largest absolute Gasteiger partial charge is 0.352 e. The number of benzene rings is 1. The van der Waals surface area contributed by atoms with E-state index in [0.29, 0.717) is 12.8 Å². The summed E-state index contributed by atoms with van der Waals surface area (Å²) in [5, 5.41) is 2.67. The third-order valence-electron chi connectivity index (χ3n) is 2.05. The lowest BCUT2D eigenvalue weighted by atomic mass is 10.1. The first kappa shape index (κ1) is 12.2. The Morgan fingerprint density at radius 2 is 2.00 bits per heavy atom. The third-order valence-corrected chi connectivity index (χ3v) is 2.05. The molecule has 0 heterocycles. The zero-order valence-corrected chi connectivity index (χ0v) is 9.27. The minimum absolute atomic E-state index is 0.152. The van der Waals surface area contributed by atoms with Crippen LogP contribution in [0.4, 0.5) is 0 Å². The molecule has 16 heavy (non-hydrogen) atoms. The number of nitrogens with one attached hydrogen (secondary N) is 1. The number of aldehydes is 1. The van der Waals surface area contributed by atoms with Gasteiger partial charge in [-0.2, -0.15) is 0 Å². The van der Waals surface area contributed by atoms with Crippen LogP contribution < -0.4 is 5.32 Å². The summed E-state index contributed by atoms with van der Waals surface area (Å²) in [7, 11) is 0. The molecule has 3 heteroatoms. The van der Waals surface area contributed by atoms with E-state index in [1.54, 1.807) is 6.08 Å². The van der Waals surface area contributed by atoms with E-state index < -0.39 is 0 Å². The highest BCUT2D eigenvalue weighted by Gasteiger charge is 2.06. The number of hydrogen-bond donors (Lipinski definition) is 1. The monoisotopic (exact) mass is 217 g/mol. The fraction of sp³-hybridized carbons (Fsp3) is 0.231. The first-order valence-corrected chi connectivity index (χ1v) is 5.28. The standard InChI is InChI=1S/C13H15NO2/c1-2-8-14-13(16)12(10-15)9-11-6-4-3-5-7-11/h3-7,9-10H,2,8H2,1H3,(H,14,16). The molecule has 0 atom stereocenters. The van der Waals surface area contributed by atoms with Gasteiger partial charge in [0.2, 0.25) is 0 Å². The Hall–Kier alpha value is -1.90. The van der Waals surface area contributed by atoms with Gasteiger partial charge in [-0.1, -0.05) is 37.3 Å². The molecule has 0 fully saturated rings. The number of hydrogen-bond acceptors (Lipinski definition) is 2. The van der Waals surface area contributed by atoms with E-state index in [9.17, 15) is 9.59 Å². The molecule has 0 unspecified atom stereocenters. The van der Waals surface area contributed by atoms with Crippen LogP contribution in [0.15, 0.2) is 35.9 Å². The van der Waals surface area contributed by atoms with Crippen molar-refractivity contribution in [2.45, 2.75) is 13.3 Å². The number of rotatable bonds is 5. The van der Waals surface area contributed by atoms with Crippen molar-refractivity contribution in [1.82, 2.24) is 5.32 Å². The topological polar surface area (TPSA) is 46.2 Å². The van der Waals surface area contributed by atoms with Gasteiger partial charge in [0, 0.05) is 6.54 Å². The van der Waals surface area contributed by atoms with Crippen molar-refractivity contribution in [3.63, 3.8) is 0 Å². The van der Waals surface area contributed by atoms with E-state index in [1.807, 2.05) is 37.3 Å². The molecular formula is C13H15NO2. The predicted octanol–water partition coefficient (Wildman–Crippen LogP) is 1.80. The second-order valence-corrected chi connectivity index (χ2v) is 3.38. The predicted molar refractivity (Wildman–Crippen MR) is 63.8 cm³/mol. The summed E-state index contributed by atoms with van der Waals surface area (Å²) in [6.45, 7) is 2.54. The summed E-state index contributed by atoms with van der Waals surface area (Å²) >= 11 is 0. The minimum atomic E-state index is -0.319. The van der Waals surface area contributed by atoms with Crippen LogP contribution in [-0.4, -0.2) is 18.7 Å². The Morgan fingerprint density at radius 1 is 1.31 bits per heavy atom. The Kier molecular flexibility index (Phi) is 4.99. The smallest absolute Gasteiger partial charge is 0.254 e. The first-order chi connectivity index (χ1) is 7.77. The molecule has 0 aromatic heterocycles. The normalized spacial score (nSPS) is 10.9. The van der Waals surface area contributed by atoms with Crippen LogP contribution >= 0.6 is 0 Å². The van der Waals surface area contributed by atoms with Gasteiger partial charge >= 0.3 is 0 Å². The molecule has 0 saturated carbocycles. The van der Waals surface area contributed by atoms with Crippen LogP contribution in [0.5, 0.6) is 0 Å². The van der Waals surface area contributed by atoms with Crippen molar-refractivity contribution in [1.29, 1.82) is 0 Å². The average molecular weight is 217 g/mol. The van der Waals surface area contributed by atoms with E-state index in [2.05, 4.69) is 5.32 Å². The quantitative estimate of drug-likeness (QED) is 0.354. The number of carbonyl (C=O) groups excluding carboxylic acids is 2. The molecule has 0 bridgehead atoms. The van der Waals surface area contributed by atoms with Crippen molar-refractivity contribution >= 4 is 18.3 Å². The molecule has 0 aliphatic heterocycles. The molecule has 1 rings (SSSR count). The van der Waals surface area contributed by atoms with Gasteiger partial charge in [-0.05, 0) is 18.1 Å². The fourth-order valence-corrected chi connectivity index (χ4v) is 1.22. The fourth-order valence-electron chi connectivity index (χ4n) is 1.22. The Morgan fingerprint density at radius 3 is 2.56 bits per heavy atom. The van der Waals surface area contributed by atoms with Gasteiger partial charge < -0.3 is 5.32 Å². The molecular weight excluding hydrogens is 202 g/mol. The second-order valence-electron chi connectivity index (χ2n) is 3.38. The molecule has 0 saturated heterocycles. The SMILES string of the molecule is CCCNC(=O)C(C=O)=Cc1ccccc1. The highest BCUT2D eigenvalue weighted by atomic mass is 16.2. The maximum absolute atomic E-state index is 11.5. The van der Waals surface area contributed by atoms with Crippen LogP contribution in [0.25, 0.3) is 6.08 Å². The van der Waals surface area contributed by atoms with Crippen LogP contribution in [-0.2, 0) is 9.59 Å². The van der Waals surface area contributed by atoms with Crippen molar-refractivity contribution in [3.05, 3.63) is 41.5 Å². The van der Waals surface area contributed by atoms with E-state index >= 15 is 0 Å². The average Bonchev–Trinajstić information content (AvgIpc) is 2.34. The molecule has 0 radical (unpaired) electrons. The van der Waals surface area contributed by atoms with E-state index in [1.165, 1.54) is 0 Å². The van der Waals surface area contributed by atoms with Crippen LogP contribution in [0.2, 0.25) is 0 Å². The molecule has 0 aliphatic rings. The molecule has 1 aromatic carbocycles. The molecule has 0 spiro atoms. The van der Waals surface area contributed by atoms with Gasteiger partial charge in [0.05, 0.1) is 5.57 Å². The van der Waals surface area contributed by atoms with Gasteiger partial charge in [0.1, 0.15) is 0 Å². The van der Waals surface area contributed by atoms with Gasteiger partial charge in [-0.25, -0.2) is 0 Å². The molecule has 3 nitrogen and oxygen atoms in total. The Balaban J connectivity index is 2.78. The van der Waals surface area contributed by atoms with Crippen LogP contribution in [0, 0.1) is 0 Å². The van der Waals surface area contributed by atoms with E-state index in [4.69, 9.17) is 0 Å². The minimum Gasteiger partial charge on any atom is -0.352 e. The summed E-state index contributed by atoms with van der Waals surface area (Å²) < 4.78 is 0. The van der Waals surface area contributed by atoms with Crippen molar-refractivity contribution in [3.8, 4) is 0 Å². The van der Waals surface area contributed by atoms with Crippen molar-refractivity contribution in [2.24, 2.45) is 0 Å². The Labute approximate surface area is 95.2 Å². The van der Waals surface area contributed by atoms with Crippen molar-refractivity contribution in [2.75, 3.05) is 6.54 Å². The summed E-state index contributed by atoms with van der Waals surface area (Å²) in [6, 6.07) is 9.29. The summed E-state index contributed by atoms with van der Waals surface area (Å²) in [6.07, 6.45) is 3.01. The lowest BCUT2D eigenvalue weighted by Gasteiger charge is -2.02. The lowest BCUT2D eigenvalue weighted by molar-refractivity contribution is -0.119. The van der Waals surface area contributed by atoms with Gasteiger partial charge in [-0.15, -0.1) is 0 Å². The van der Waals surface area contributed by atoms with Gasteiger partial charge in [0.15, 0.2) is 6.29 Å². The zero-order chi connectivity index (χ0) is 11.8. The summed E-state index contributed by atoms with van der Waals surface area (Å²) in [5.74, 6) is -0.319. The number of amides is 1. The number of carbonyl (C=O) groups is 2. The van der Waals surface area contributed by atoms with Gasteiger partial charge in [-0.3, -0.25) is 9.59 Å². The Bertz CT molecular complexity index is 382. The van der Waals surface area contributed by atoms with Crippen molar-refractivity contribution < 1.29 is 9.59 Å². The summed E-state index contributed by atoms with van der Waals surface area (Å²) in [4.78, 5) is 22.3. The van der Waals surface area contributed by atoms with E-state index in [0.717, 1.165) is 12.0 Å². The van der Waals surface area contributed by atoms with E-state index in [-0.39, 0.29) is 11.5 Å². The molecule has 1 aromatic rings. The molecule has 1 amide bonds. The first-order valence-electron chi connectivity index (χ1n) is 5.28. The molecule has 84 valence electrons. The highest BCUT2D eigenvalue weighted by Crippen LogP contribution is 2.05. The van der Waals surface area contributed by atoms with Gasteiger partial charge in [0.25, 0.3) is 5.91 Å². The molecule has 0 aliphatic carbocycles. The lowest BCUT2D eigenvalue weighted by Crippen LogP contribution is -2.26. The molecule has 1 N–H and O–H groups in total. The maximum atomic E-state index is 11.5. The summed E-state index contributed by atoms with van der Waals surface area (Å²) in [5.41, 5.74) is 0.996. The maximum Gasteiger partial charge on any atom is 0.254 e. The highest BCUT2D eigenvalue weighted by molar-refractivity contribution is 6.14. The van der Waals surface area contributed by atoms with Crippen LogP contribution in [0.1, 0.15) is 18.9 Å². The second kappa shape index (κ2) is 6.56. The zero-order valence-electron chi connectivity index (χ0n) is 9.27. The van der Waals surface area contributed by atoms with Crippen LogP contribution in [0.3, 0.4) is 0 Å². The third kappa shape index (κ3) is 3.69.